The van der Waals surface area contributed by atoms with Gasteiger partial charge in [0.25, 0.3) is 5.56 Å². The van der Waals surface area contributed by atoms with Gasteiger partial charge in [0.1, 0.15) is 5.82 Å². The molecule has 1 atom stereocenters. The van der Waals surface area contributed by atoms with E-state index in [2.05, 4.69) is 35.6 Å². The van der Waals surface area contributed by atoms with Crippen molar-refractivity contribution in [2.45, 2.75) is 32.9 Å². The Kier molecular flexibility index (Phi) is 6.05. The summed E-state index contributed by atoms with van der Waals surface area (Å²) in [5.41, 5.74) is 1.98. The summed E-state index contributed by atoms with van der Waals surface area (Å²) in [6.45, 7) is 5.33. The van der Waals surface area contributed by atoms with E-state index in [4.69, 9.17) is 0 Å². The van der Waals surface area contributed by atoms with Gasteiger partial charge in [0, 0.05) is 23.7 Å². The summed E-state index contributed by atoms with van der Waals surface area (Å²) in [6.07, 6.45) is 0.962. The van der Waals surface area contributed by atoms with Crippen LogP contribution in [0.5, 0.6) is 0 Å². The highest BCUT2D eigenvalue weighted by Crippen LogP contribution is 2.15. The standard InChI is InChI=1S/C23H23FN2O/c1-3-17(2)26(13-7-10-18-8-5-4-6-9-18)16-20-14-19-11-12-21(24)15-22(19)25-23(20)27/h4-6,8-9,11-12,14-15,17H,3,13,16H2,1-2H3,(H,25,27)/t17-/m1/s1. The maximum absolute atomic E-state index is 13.4. The highest BCUT2D eigenvalue weighted by molar-refractivity contribution is 5.78. The minimum Gasteiger partial charge on any atom is -0.322 e. The van der Waals surface area contributed by atoms with Crippen molar-refractivity contribution >= 4 is 10.9 Å². The largest absolute Gasteiger partial charge is 0.322 e. The summed E-state index contributed by atoms with van der Waals surface area (Å²) in [6, 6.07) is 16.4. The number of aromatic amines is 1. The fraction of sp³-hybridized carbons (Fsp3) is 0.261. The van der Waals surface area contributed by atoms with E-state index in [1.54, 1.807) is 6.07 Å². The normalized spacial score (nSPS) is 12.0. The number of rotatable bonds is 5. The molecule has 0 spiro atoms. The molecular formula is C23H23FN2O. The van der Waals surface area contributed by atoms with Crippen molar-refractivity contribution in [3.63, 3.8) is 0 Å². The van der Waals surface area contributed by atoms with Crippen LogP contribution in [0, 0.1) is 17.7 Å². The second-order valence-corrected chi connectivity index (χ2v) is 6.69. The molecule has 0 unspecified atom stereocenters. The van der Waals surface area contributed by atoms with Crippen LogP contribution in [0.1, 0.15) is 31.4 Å². The number of fused-ring (bicyclic) bond motifs is 1. The molecule has 0 amide bonds. The maximum Gasteiger partial charge on any atom is 0.252 e. The zero-order chi connectivity index (χ0) is 19.2. The number of nitrogens with one attached hydrogen (secondary N) is 1. The number of hydrogen-bond acceptors (Lipinski definition) is 2. The lowest BCUT2D eigenvalue weighted by molar-refractivity contribution is 0.220. The molecule has 1 aromatic heterocycles. The van der Waals surface area contributed by atoms with Crippen molar-refractivity contribution in [1.82, 2.24) is 9.88 Å². The SMILES string of the molecule is CC[C@@H](C)N(CC#Cc1ccccc1)Cc1cc2ccc(F)cc2[nH]c1=O. The molecule has 1 heterocycles. The highest BCUT2D eigenvalue weighted by atomic mass is 19.1. The van der Waals surface area contributed by atoms with Crippen molar-refractivity contribution in [3.05, 3.63) is 81.9 Å². The van der Waals surface area contributed by atoms with E-state index < -0.39 is 0 Å². The number of hydrogen-bond donors (Lipinski definition) is 1. The molecule has 0 aliphatic rings. The topological polar surface area (TPSA) is 36.1 Å². The van der Waals surface area contributed by atoms with Gasteiger partial charge in [0.2, 0.25) is 0 Å². The zero-order valence-electron chi connectivity index (χ0n) is 15.6. The summed E-state index contributed by atoms with van der Waals surface area (Å²) in [5.74, 6) is 6.03. The highest BCUT2D eigenvalue weighted by Gasteiger charge is 2.14. The van der Waals surface area contributed by atoms with E-state index in [0.29, 0.717) is 30.2 Å². The molecule has 0 radical (unpaired) electrons. The number of halogens is 1. The Balaban J connectivity index is 1.83. The quantitative estimate of drug-likeness (QED) is 0.686. The Morgan fingerprint density at radius 3 is 2.67 bits per heavy atom. The van der Waals surface area contributed by atoms with E-state index in [-0.39, 0.29) is 11.4 Å². The number of pyridine rings is 1. The Labute approximate surface area is 158 Å². The van der Waals surface area contributed by atoms with E-state index in [0.717, 1.165) is 17.4 Å². The average Bonchev–Trinajstić information content (AvgIpc) is 2.68. The Morgan fingerprint density at radius 1 is 1.15 bits per heavy atom. The average molecular weight is 362 g/mol. The van der Waals surface area contributed by atoms with E-state index in [9.17, 15) is 9.18 Å². The third-order valence-electron chi connectivity index (χ3n) is 4.76. The van der Waals surface area contributed by atoms with Crippen LogP contribution < -0.4 is 5.56 Å². The Bertz CT molecular complexity index is 1030. The molecule has 0 bridgehead atoms. The van der Waals surface area contributed by atoms with Gasteiger partial charge in [-0.1, -0.05) is 37.0 Å². The lowest BCUT2D eigenvalue weighted by Gasteiger charge is -2.26. The molecule has 0 aliphatic carbocycles. The fourth-order valence-electron chi connectivity index (χ4n) is 2.95. The molecule has 0 fully saturated rings. The van der Waals surface area contributed by atoms with Crippen molar-refractivity contribution in [2.75, 3.05) is 6.54 Å². The van der Waals surface area contributed by atoms with Gasteiger partial charge in [-0.15, -0.1) is 0 Å². The minimum absolute atomic E-state index is 0.183. The molecule has 138 valence electrons. The number of benzene rings is 2. The summed E-state index contributed by atoms with van der Waals surface area (Å²) >= 11 is 0. The Hall–Kier alpha value is -2.90. The predicted octanol–water partition coefficient (Wildman–Crippen LogP) is 4.32. The first-order valence-corrected chi connectivity index (χ1v) is 9.16. The van der Waals surface area contributed by atoms with Crippen LogP contribution in [0.25, 0.3) is 10.9 Å². The van der Waals surface area contributed by atoms with Crippen molar-refractivity contribution in [1.29, 1.82) is 0 Å². The zero-order valence-corrected chi connectivity index (χ0v) is 15.6. The number of aromatic nitrogens is 1. The van der Waals surface area contributed by atoms with Crippen LogP contribution in [0.4, 0.5) is 4.39 Å². The van der Waals surface area contributed by atoms with Crippen molar-refractivity contribution < 1.29 is 4.39 Å². The molecule has 4 heteroatoms. The van der Waals surface area contributed by atoms with E-state index >= 15 is 0 Å². The summed E-state index contributed by atoms with van der Waals surface area (Å²) in [4.78, 5) is 17.4. The molecule has 3 nitrogen and oxygen atoms in total. The van der Waals surface area contributed by atoms with E-state index in [1.807, 2.05) is 36.4 Å². The molecule has 2 aromatic carbocycles. The summed E-state index contributed by atoms with van der Waals surface area (Å²) in [5, 5.41) is 0.825. The maximum atomic E-state index is 13.4. The molecule has 3 rings (SSSR count). The number of nitrogens with zero attached hydrogens (tertiary/aromatic N) is 1. The molecular weight excluding hydrogens is 339 g/mol. The van der Waals surface area contributed by atoms with Crippen molar-refractivity contribution in [2.24, 2.45) is 0 Å². The van der Waals surface area contributed by atoms with Crippen LogP contribution in [-0.4, -0.2) is 22.5 Å². The van der Waals surface area contributed by atoms with Crippen LogP contribution in [0.15, 0.2) is 59.4 Å². The monoisotopic (exact) mass is 362 g/mol. The molecule has 3 aromatic rings. The second kappa shape index (κ2) is 8.66. The van der Waals surface area contributed by atoms with Crippen LogP contribution in [0.2, 0.25) is 0 Å². The second-order valence-electron chi connectivity index (χ2n) is 6.69. The molecule has 0 saturated heterocycles. The first-order chi connectivity index (χ1) is 13.1. The minimum atomic E-state index is -0.358. The van der Waals surface area contributed by atoms with Gasteiger partial charge in [0.05, 0.1) is 12.1 Å². The van der Waals surface area contributed by atoms with Gasteiger partial charge in [-0.2, -0.15) is 0 Å². The number of H-pyrrole nitrogens is 1. The third kappa shape index (κ3) is 4.84. The van der Waals surface area contributed by atoms with Gasteiger partial charge < -0.3 is 4.98 Å². The van der Waals surface area contributed by atoms with Gasteiger partial charge in [0.15, 0.2) is 0 Å². The van der Waals surface area contributed by atoms with Gasteiger partial charge in [-0.3, -0.25) is 9.69 Å². The van der Waals surface area contributed by atoms with Crippen molar-refractivity contribution in [3.8, 4) is 11.8 Å². The smallest absolute Gasteiger partial charge is 0.252 e. The van der Waals surface area contributed by atoms with Gasteiger partial charge in [-0.25, -0.2) is 4.39 Å². The summed E-state index contributed by atoms with van der Waals surface area (Å²) < 4.78 is 13.4. The van der Waals surface area contributed by atoms with Crippen LogP contribution >= 0.6 is 0 Å². The third-order valence-corrected chi connectivity index (χ3v) is 4.76. The van der Waals surface area contributed by atoms with E-state index in [1.165, 1.54) is 12.1 Å². The van der Waals surface area contributed by atoms with Gasteiger partial charge in [-0.05, 0) is 55.1 Å². The van der Waals surface area contributed by atoms with Gasteiger partial charge >= 0.3 is 0 Å². The molecule has 1 N–H and O–H groups in total. The molecule has 27 heavy (non-hydrogen) atoms. The first-order valence-electron chi connectivity index (χ1n) is 9.16. The fourth-order valence-corrected chi connectivity index (χ4v) is 2.95. The Morgan fingerprint density at radius 2 is 1.93 bits per heavy atom. The lowest BCUT2D eigenvalue weighted by atomic mass is 10.1. The predicted molar refractivity (Wildman–Crippen MR) is 108 cm³/mol. The summed E-state index contributed by atoms with van der Waals surface area (Å²) in [7, 11) is 0. The first kappa shape index (κ1) is 18.9. The van der Waals surface area contributed by atoms with Crippen LogP contribution in [0.3, 0.4) is 0 Å². The molecule has 0 saturated carbocycles. The lowest BCUT2D eigenvalue weighted by Crippen LogP contribution is -2.34. The van der Waals surface area contributed by atoms with Crippen LogP contribution in [-0.2, 0) is 6.54 Å². The molecule has 0 aliphatic heterocycles.